The van der Waals surface area contributed by atoms with Gasteiger partial charge in [-0.15, -0.1) is 0 Å². The van der Waals surface area contributed by atoms with Gasteiger partial charge in [-0.1, -0.05) is 25.3 Å². The Hall–Kier alpha value is -2.82. The Bertz CT molecular complexity index is 922. The van der Waals surface area contributed by atoms with Crippen LogP contribution in [0, 0.1) is 16.7 Å². The highest BCUT2D eigenvalue weighted by atomic mass is 16.3. The molecular formula is C16H20N5O3+. The molecule has 0 aromatic carbocycles. The number of hydrogen-bond donors (Lipinski definition) is 3. The second kappa shape index (κ2) is 5.37. The Labute approximate surface area is 138 Å². The monoisotopic (exact) mass is 330 g/mol. The van der Waals surface area contributed by atoms with Gasteiger partial charge in [-0.25, -0.2) is 9.89 Å². The van der Waals surface area contributed by atoms with Crippen LogP contribution in [0.5, 0.6) is 5.88 Å². The predicted molar refractivity (Wildman–Crippen MR) is 84.5 cm³/mol. The molecule has 2 aromatic heterocycles. The fourth-order valence-corrected chi connectivity index (χ4v) is 2.58. The maximum atomic E-state index is 12.6. The topological polar surface area (TPSA) is 114 Å². The van der Waals surface area contributed by atoms with Crippen molar-refractivity contribution in [2.24, 2.45) is 5.41 Å². The lowest BCUT2D eigenvalue weighted by Gasteiger charge is -2.17. The Morgan fingerprint density at radius 3 is 2.75 bits per heavy atom. The molecule has 126 valence electrons. The Morgan fingerprint density at radius 2 is 2.21 bits per heavy atom. The molecule has 0 saturated heterocycles. The van der Waals surface area contributed by atoms with E-state index in [1.165, 1.54) is 10.6 Å². The van der Waals surface area contributed by atoms with Crippen molar-refractivity contribution in [1.82, 2.24) is 14.9 Å². The van der Waals surface area contributed by atoms with E-state index in [0.29, 0.717) is 12.2 Å². The summed E-state index contributed by atoms with van der Waals surface area (Å²) in [5, 5.41) is 25.1. The maximum absolute atomic E-state index is 12.6. The molecule has 2 heterocycles. The molecule has 1 saturated carbocycles. The van der Waals surface area contributed by atoms with Gasteiger partial charge in [0.05, 0.1) is 12.6 Å². The number of carbonyl (C=O) groups is 1. The Kier molecular flexibility index (Phi) is 3.59. The number of aromatic hydroxyl groups is 1. The first kappa shape index (κ1) is 16.1. The van der Waals surface area contributed by atoms with Crippen LogP contribution in [0.1, 0.15) is 49.7 Å². The number of fused-ring (bicyclic) bond motifs is 1. The van der Waals surface area contributed by atoms with Crippen LogP contribution in [0.25, 0.3) is 5.65 Å². The minimum absolute atomic E-state index is 0.0615. The normalized spacial score (nSPS) is 14.6. The fraction of sp³-hybridized carbons (Fsp3) is 0.500. The molecule has 1 amide bonds. The van der Waals surface area contributed by atoms with Gasteiger partial charge in [0.1, 0.15) is 6.07 Å². The summed E-state index contributed by atoms with van der Waals surface area (Å²) in [6.07, 6.45) is 1.75. The molecule has 2 aromatic rings. The molecule has 1 aliphatic rings. The van der Waals surface area contributed by atoms with Crippen LogP contribution in [-0.4, -0.2) is 26.7 Å². The third-order valence-electron chi connectivity index (χ3n) is 3.80. The largest absolute Gasteiger partial charge is 0.477 e. The van der Waals surface area contributed by atoms with Gasteiger partial charge in [-0.05, 0) is 18.3 Å². The zero-order chi connectivity index (χ0) is 17.6. The summed E-state index contributed by atoms with van der Waals surface area (Å²) >= 11 is 0. The van der Waals surface area contributed by atoms with Crippen LogP contribution < -0.4 is 15.4 Å². The van der Waals surface area contributed by atoms with E-state index in [9.17, 15) is 14.7 Å². The van der Waals surface area contributed by atoms with Crippen LogP contribution in [0.3, 0.4) is 0 Å². The van der Waals surface area contributed by atoms with Gasteiger partial charge >= 0.3 is 17.1 Å². The number of amides is 1. The van der Waals surface area contributed by atoms with Gasteiger partial charge in [-0.3, -0.25) is 4.79 Å². The van der Waals surface area contributed by atoms with Gasteiger partial charge in [0.25, 0.3) is 5.91 Å². The summed E-state index contributed by atoms with van der Waals surface area (Å²) in [5.74, 6) is -0.971. The molecule has 24 heavy (non-hydrogen) atoms. The molecule has 0 spiro atoms. The SMILES string of the molecule is CC(C)(C)C[n+]1c(O)c(C(=O)NC2CC2)c(=O)n2[nH]c(C#N)cc21. The second-order valence-corrected chi connectivity index (χ2v) is 7.37. The van der Waals surface area contributed by atoms with E-state index in [4.69, 9.17) is 5.26 Å². The Balaban J connectivity index is 2.25. The first-order valence-electron chi connectivity index (χ1n) is 7.83. The number of hydrogen-bond acceptors (Lipinski definition) is 4. The highest BCUT2D eigenvalue weighted by Gasteiger charge is 2.34. The number of nitrogens with one attached hydrogen (secondary N) is 2. The standard InChI is InChI=1S/C16H19N5O3/c1-16(2,3)8-20-11-6-10(7-17)19-21(11)15(24)12(14(20)23)13(22)18-9-4-5-9/h6,9H,4-5,8H2,1-3H3,(H2,18,22,23,24)/p+1. The smallest absolute Gasteiger partial charge is 0.378 e. The molecule has 0 bridgehead atoms. The van der Waals surface area contributed by atoms with Gasteiger partial charge in [-0.2, -0.15) is 9.83 Å². The molecular weight excluding hydrogens is 310 g/mol. The molecule has 0 radical (unpaired) electrons. The lowest BCUT2D eigenvalue weighted by molar-refractivity contribution is -0.692. The van der Waals surface area contributed by atoms with Gasteiger partial charge in [0, 0.05) is 6.04 Å². The van der Waals surface area contributed by atoms with E-state index in [-0.39, 0.29) is 28.6 Å². The van der Waals surface area contributed by atoms with Crippen LogP contribution in [-0.2, 0) is 6.54 Å². The summed E-state index contributed by atoms with van der Waals surface area (Å²) < 4.78 is 2.62. The van der Waals surface area contributed by atoms with Crippen molar-refractivity contribution in [1.29, 1.82) is 5.26 Å². The number of aromatic nitrogens is 3. The van der Waals surface area contributed by atoms with Gasteiger partial charge in [0.2, 0.25) is 5.56 Å². The number of nitrogens with zero attached hydrogens (tertiary/aromatic N) is 3. The van der Waals surface area contributed by atoms with Crippen molar-refractivity contribution >= 4 is 11.6 Å². The molecule has 1 aliphatic carbocycles. The predicted octanol–water partition coefficient (Wildman–Crippen LogP) is 0.431. The van der Waals surface area contributed by atoms with E-state index in [2.05, 4.69) is 10.4 Å². The summed E-state index contributed by atoms with van der Waals surface area (Å²) in [6.45, 7) is 6.30. The van der Waals surface area contributed by atoms with Crippen LogP contribution in [0.2, 0.25) is 0 Å². The third-order valence-corrected chi connectivity index (χ3v) is 3.80. The van der Waals surface area contributed by atoms with Crippen LogP contribution in [0.15, 0.2) is 10.9 Å². The first-order valence-corrected chi connectivity index (χ1v) is 7.83. The molecule has 0 unspecified atom stereocenters. The van der Waals surface area contributed by atoms with E-state index in [0.717, 1.165) is 17.4 Å². The van der Waals surface area contributed by atoms with Crippen molar-refractivity contribution in [3.05, 3.63) is 27.7 Å². The van der Waals surface area contributed by atoms with Gasteiger partial charge in [0.15, 0.2) is 5.69 Å². The number of carbonyl (C=O) groups excluding carboxylic acids is 1. The maximum Gasteiger partial charge on any atom is 0.378 e. The lowest BCUT2D eigenvalue weighted by Crippen LogP contribution is -2.47. The quantitative estimate of drug-likeness (QED) is 0.708. The van der Waals surface area contributed by atoms with Crippen molar-refractivity contribution in [3.63, 3.8) is 0 Å². The first-order chi connectivity index (χ1) is 11.2. The summed E-state index contributed by atoms with van der Waals surface area (Å²) in [4.78, 5) is 25.0. The highest BCUT2D eigenvalue weighted by Crippen LogP contribution is 2.21. The average molecular weight is 330 g/mol. The molecule has 8 heteroatoms. The lowest BCUT2D eigenvalue weighted by atomic mass is 9.96. The second-order valence-electron chi connectivity index (χ2n) is 7.37. The zero-order valence-corrected chi connectivity index (χ0v) is 13.9. The average Bonchev–Trinajstić information content (AvgIpc) is 3.17. The summed E-state index contributed by atoms with van der Waals surface area (Å²) in [7, 11) is 0. The fourth-order valence-electron chi connectivity index (χ4n) is 2.58. The zero-order valence-electron chi connectivity index (χ0n) is 13.9. The molecule has 1 fully saturated rings. The van der Waals surface area contributed by atoms with Crippen molar-refractivity contribution in [2.45, 2.75) is 46.2 Å². The van der Waals surface area contributed by atoms with Crippen molar-refractivity contribution in [3.8, 4) is 11.9 Å². The van der Waals surface area contributed by atoms with E-state index < -0.39 is 11.5 Å². The number of nitriles is 1. The molecule has 3 N–H and O–H groups in total. The Morgan fingerprint density at radius 1 is 1.54 bits per heavy atom. The molecule has 0 aliphatic heterocycles. The molecule has 0 atom stereocenters. The van der Waals surface area contributed by atoms with Crippen LogP contribution >= 0.6 is 0 Å². The molecule has 3 rings (SSSR count). The van der Waals surface area contributed by atoms with E-state index >= 15 is 0 Å². The number of H-pyrrole nitrogens is 1. The number of rotatable bonds is 3. The minimum Gasteiger partial charge on any atom is -0.477 e. The highest BCUT2D eigenvalue weighted by molar-refractivity contribution is 5.96. The third kappa shape index (κ3) is 2.85. The summed E-state index contributed by atoms with van der Waals surface area (Å²) in [5.41, 5.74) is -0.683. The van der Waals surface area contributed by atoms with Crippen molar-refractivity contribution in [2.75, 3.05) is 0 Å². The van der Waals surface area contributed by atoms with E-state index in [1.54, 1.807) is 0 Å². The van der Waals surface area contributed by atoms with Crippen molar-refractivity contribution < 1.29 is 14.5 Å². The van der Waals surface area contributed by atoms with Crippen LogP contribution in [0.4, 0.5) is 0 Å². The van der Waals surface area contributed by atoms with E-state index in [1.807, 2.05) is 26.8 Å². The molecule has 8 nitrogen and oxygen atoms in total. The minimum atomic E-state index is -0.674. The van der Waals surface area contributed by atoms with Gasteiger partial charge < -0.3 is 10.4 Å². The summed E-state index contributed by atoms with van der Waals surface area (Å²) in [6, 6.07) is 3.48. The number of aromatic amines is 1.